The fourth-order valence-electron chi connectivity index (χ4n) is 2.69. The third-order valence-electron chi connectivity index (χ3n) is 3.73. The molecule has 0 amide bonds. The molecule has 0 aliphatic carbocycles. The Kier molecular flexibility index (Phi) is 3.18. The number of carbonyl (C=O) groups is 1. The molecular weight excluding hydrogens is 254 g/mol. The summed E-state index contributed by atoms with van der Waals surface area (Å²) in [5.74, 6) is -0.194. The number of nitrogens with two attached hydrogens (primary N) is 1. The van der Waals surface area contributed by atoms with Crippen LogP contribution in [-0.2, 0) is 0 Å². The number of rotatable bonds is 2. The molecule has 5 heteroatoms. The summed E-state index contributed by atoms with van der Waals surface area (Å²) in [6.45, 7) is 1.87. The van der Waals surface area contributed by atoms with E-state index in [0.29, 0.717) is 16.6 Å². The number of fused-ring (bicyclic) bond motifs is 1. The van der Waals surface area contributed by atoms with Gasteiger partial charge in [0, 0.05) is 24.2 Å². The van der Waals surface area contributed by atoms with Gasteiger partial charge in [-0.05, 0) is 43.5 Å². The van der Waals surface area contributed by atoms with Crippen molar-refractivity contribution in [3.8, 4) is 0 Å². The van der Waals surface area contributed by atoms with Crippen LogP contribution in [0.25, 0.3) is 10.9 Å². The molecule has 0 unspecified atom stereocenters. The molecule has 2 aromatic rings. The highest BCUT2D eigenvalue weighted by atomic mass is 16.4. The van der Waals surface area contributed by atoms with Crippen LogP contribution in [0.15, 0.2) is 24.3 Å². The van der Waals surface area contributed by atoms with Crippen molar-refractivity contribution in [2.24, 2.45) is 0 Å². The van der Waals surface area contributed by atoms with Crippen LogP contribution in [-0.4, -0.2) is 29.1 Å². The Morgan fingerprint density at radius 3 is 2.65 bits per heavy atom. The molecule has 1 aromatic carbocycles. The minimum absolute atomic E-state index is 0.267. The predicted octanol–water partition coefficient (Wildman–Crippen LogP) is 2.51. The number of nitrogens with zero attached hydrogens (tertiary/aromatic N) is 2. The van der Waals surface area contributed by atoms with Crippen LogP contribution < -0.4 is 10.6 Å². The van der Waals surface area contributed by atoms with E-state index in [2.05, 4.69) is 9.88 Å². The first-order valence-corrected chi connectivity index (χ1v) is 6.84. The quantitative estimate of drug-likeness (QED) is 0.820. The van der Waals surface area contributed by atoms with E-state index in [1.165, 1.54) is 6.42 Å². The highest BCUT2D eigenvalue weighted by Gasteiger charge is 2.17. The molecule has 1 aromatic heterocycles. The number of anilines is 2. The summed E-state index contributed by atoms with van der Waals surface area (Å²) in [6, 6.07) is 6.87. The molecule has 5 nitrogen and oxygen atoms in total. The van der Waals surface area contributed by atoms with Gasteiger partial charge in [-0.1, -0.05) is 0 Å². The zero-order valence-corrected chi connectivity index (χ0v) is 11.2. The Balaban J connectivity index is 2.15. The largest absolute Gasteiger partial charge is 0.478 e. The number of aromatic carboxylic acids is 1. The maximum Gasteiger partial charge on any atom is 0.336 e. The molecule has 0 atom stereocenters. The van der Waals surface area contributed by atoms with Gasteiger partial charge in [0.25, 0.3) is 0 Å². The molecule has 2 heterocycles. The van der Waals surface area contributed by atoms with Gasteiger partial charge >= 0.3 is 5.97 Å². The Labute approximate surface area is 117 Å². The smallest absolute Gasteiger partial charge is 0.336 e. The van der Waals surface area contributed by atoms with Crippen molar-refractivity contribution in [1.82, 2.24) is 4.98 Å². The van der Waals surface area contributed by atoms with Crippen LogP contribution in [0.2, 0.25) is 0 Å². The second-order valence-corrected chi connectivity index (χ2v) is 5.16. The third-order valence-corrected chi connectivity index (χ3v) is 3.73. The Bertz CT molecular complexity index is 663. The highest BCUT2D eigenvalue weighted by molar-refractivity contribution is 6.04. The summed E-state index contributed by atoms with van der Waals surface area (Å²) in [6.07, 6.45) is 3.49. The van der Waals surface area contributed by atoms with Crippen LogP contribution in [0.1, 0.15) is 29.6 Å². The molecule has 0 saturated carbocycles. The molecule has 0 bridgehead atoms. The summed E-state index contributed by atoms with van der Waals surface area (Å²) in [7, 11) is 0. The van der Waals surface area contributed by atoms with E-state index >= 15 is 0 Å². The first kappa shape index (κ1) is 12.7. The van der Waals surface area contributed by atoms with Crippen molar-refractivity contribution >= 4 is 28.4 Å². The fourth-order valence-corrected chi connectivity index (χ4v) is 2.69. The van der Waals surface area contributed by atoms with E-state index in [4.69, 9.17) is 5.73 Å². The van der Waals surface area contributed by atoms with Crippen LogP contribution in [0.3, 0.4) is 0 Å². The molecule has 1 saturated heterocycles. The van der Waals surface area contributed by atoms with Gasteiger partial charge in [0.1, 0.15) is 5.82 Å². The van der Waals surface area contributed by atoms with Crippen molar-refractivity contribution in [3.05, 3.63) is 29.8 Å². The van der Waals surface area contributed by atoms with Gasteiger partial charge < -0.3 is 15.7 Å². The molecule has 0 spiro atoms. The topological polar surface area (TPSA) is 79.5 Å². The Morgan fingerprint density at radius 2 is 1.95 bits per heavy atom. The maximum atomic E-state index is 11.5. The molecule has 20 heavy (non-hydrogen) atoms. The van der Waals surface area contributed by atoms with Crippen LogP contribution >= 0.6 is 0 Å². The number of nitrogen functional groups attached to an aromatic ring is 1. The lowest BCUT2D eigenvalue weighted by atomic mass is 10.1. The van der Waals surface area contributed by atoms with E-state index in [1.54, 1.807) is 24.3 Å². The van der Waals surface area contributed by atoms with E-state index in [0.717, 1.165) is 31.7 Å². The van der Waals surface area contributed by atoms with E-state index in [1.807, 2.05) is 0 Å². The number of carboxylic acids is 1. The number of hydrogen-bond acceptors (Lipinski definition) is 4. The fraction of sp³-hybridized carbons (Fsp3) is 0.333. The second kappa shape index (κ2) is 5.00. The zero-order chi connectivity index (χ0) is 14.1. The Morgan fingerprint density at radius 1 is 1.20 bits per heavy atom. The van der Waals surface area contributed by atoms with E-state index < -0.39 is 5.97 Å². The van der Waals surface area contributed by atoms with E-state index in [-0.39, 0.29) is 5.56 Å². The van der Waals surface area contributed by atoms with Crippen LogP contribution in [0, 0.1) is 0 Å². The minimum Gasteiger partial charge on any atom is -0.478 e. The Hall–Kier alpha value is -2.30. The van der Waals surface area contributed by atoms with Gasteiger partial charge in [0.05, 0.1) is 11.1 Å². The van der Waals surface area contributed by atoms with Crippen LogP contribution in [0.4, 0.5) is 11.5 Å². The lowest BCUT2D eigenvalue weighted by Crippen LogP contribution is -2.30. The van der Waals surface area contributed by atoms with Crippen molar-refractivity contribution in [2.75, 3.05) is 23.7 Å². The standard InChI is InChI=1S/C15H17N3O2/c16-10-4-5-13-11(8-10)12(15(19)20)9-14(17-13)18-6-2-1-3-7-18/h4-5,8-9H,1-3,6-7,16H2,(H,19,20). The number of carboxylic acid groups (broad SMARTS) is 1. The summed E-state index contributed by atoms with van der Waals surface area (Å²) in [5.41, 5.74) is 7.24. The average molecular weight is 271 g/mol. The summed E-state index contributed by atoms with van der Waals surface area (Å²) in [4.78, 5) is 18.2. The van der Waals surface area contributed by atoms with E-state index in [9.17, 15) is 9.90 Å². The minimum atomic E-state index is -0.943. The number of benzene rings is 1. The summed E-state index contributed by atoms with van der Waals surface area (Å²) >= 11 is 0. The van der Waals surface area contributed by atoms with Gasteiger partial charge in [-0.3, -0.25) is 0 Å². The molecule has 3 rings (SSSR count). The van der Waals surface area contributed by atoms with Gasteiger partial charge in [-0.2, -0.15) is 0 Å². The maximum absolute atomic E-state index is 11.5. The number of aromatic nitrogens is 1. The summed E-state index contributed by atoms with van der Waals surface area (Å²) < 4.78 is 0. The number of piperidine rings is 1. The SMILES string of the molecule is Nc1ccc2nc(N3CCCCC3)cc(C(=O)O)c2c1. The molecule has 1 fully saturated rings. The third kappa shape index (κ3) is 2.27. The average Bonchev–Trinajstić information content (AvgIpc) is 2.47. The van der Waals surface area contributed by atoms with Crippen molar-refractivity contribution < 1.29 is 9.90 Å². The molecule has 0 radical (unpaired) electrons. The van der Waals surface area contributed by atoms with Gasteiger partial charge in [-0.15, -0.1) is 0 Å². The van der Waals surface area contributed by atoms with Crippen molar-refractivity contribution in [3.63, 3.8) is 0 Å². The second-order valence-electron chi connectivity index (χ2n) is 5.16. The lowest BCUT2D eigenvalue weighted by molar-refractivity contribution is 0.0699. The lowest BCUT2D eigenvalue weighted by Gasteiger charge is -2.28. The number of pyridine rings is 1. The molecule has 1 aliphatic rings. The summed E-state index contributed by atoms with van der Waals surface area (Å²) in [5, 5.41) is 10.0. The highest BCUT2D eigenvalue weighted by Crippen LogP contribution is 2.26. The molecule has 104 valence electrons. The monoisotopic (exact) mass is 271 g/mol. The van der Waals surface area contributed by atoms with Crippen LogP contribution in [0.5, 0.6) is 0 Å². The first-order valence-electron chi connectivity index (χ1n) is 6.84. The van der Waals surface area contributed by atoms with Gasteiger partial charge in [-0.25, -0.2) is 9.78 Å². The van der Waals surface area contributed by atoms with Gasteiger partial charge in [0.15, 0.2) is 0 Å². The van der Waals surface area contributed by atoms with Gasteiger partial charge in [0.2, 0.25) is 0 Å². The normalized spacial score (nSPS) is 15.5. The molecule has 1 aliphatic heterocycles. The molecule has 3 N–H and O–H groups in total. The zero-order valence-electron chi connectivity index (χ0n) is 11.2. The number of hydrogen-bond donors (Lipinski definition) is 2. The van der Waals surface area contributed by atoms with Crippen molar-refractivity contribution in [1.29, 1.82) is 0 Å². The first-order chi connectivity index (χ1) is 9.65. The predicted molar refractivity (Wildman–Crippen MR) is 79.2 cm³/mol. The van der Waals surface area contributed by atoms with Crippen molar-refractivity contribution in [2.45, 2.75) is 19.3 Å². The molecular formula is C15H17N3O2.